The van der Waals surface area contributed by atoms with Gasteiger partial charge in [-0.25, -0.2) is 0 Å². The van der Waals surface area contributed by atoms with E-state index in [1.165, 1.54) is 4.90 Å². The SMILES string of the molecule is NC(=O)[C@@H]1Cc2ccccc2CN1C(=O)c1ccc(Br)o1. The molecule has 0 radical (unpaired) electrons. The lowest BCUT2D eigenvalue weighted by molar-refractivity contribution is -0.122. The number of primary amides is 1. The fourth-order valence-corrected chi connectivity index (χ4v) is 2.87. The minimum atomic E-state index is -0.656. The molecule has 0 bridgehead atoms. The number of nitrogens with two attached hydrogens (primary N) is 1. The Bertz CT molecular complexity index is 710. The molecule has 0 fully saturated rings. The van der Waals surface area contributed by atoms with Gasteiger partial charge in [-0.1, -0.05) is 24.3 Å². The quantitative estimate of drug-likeness (QED) is 0.902. The number of furan rings is 1. The van der Waals surface area contributed by atoms with Crippen molar-refractivity contribution >= 4 is 27.7 Å². The van der Waals surface area contributed by atoms with E-state index in [9.17, 15) is 9.59 Å². The van der Waals surface area contributed by atoms with Gasteiger partial charge in [0.25, 0.3) is 5.91 Å². The number of hydrogen-bond donors (Lipinski definition) is 1. The molecule has 0 spiro atoms. The molecule has 6 heteroatoms. The Hall–Kier alpha value is -2.08. The third kappa shape index (κ3) is 2.58. The van der Waals surface area contributed by atoms with Crippen LogP contribution in [0, 0.1) is 0 Å². The van der Waals surface area contributed by atoms with Crippen LogP contribution in [0.5, 0.6) is 0 Å². The Balaban J connectivity index is 1.96. The van der Waals surface area contributed by atoms with Crippen LogP contribution in [0.4, 0.5) is 0 Å². The van der Waals surface area contributed by atoms with Gasteiger partial charge < -0.3 is 15.1 Å². The fraction of sp³-hybridized carbons (Fsp3) is 0.200. The van der Waals surface area contributed by atoms with Crippen LogP contribution in [0.15, 0.2) is 45.5 Å². The molecule has 0 saturated carbocycles. The number of amides is 2. The number of benzene rings is 1. The summed E-state index contributed by atoms with van der Waals surface area (Å²) < 4.78 is 5.76. The van der Waals surface area contributed by atoms with Gasteiger partial charge in [0.2, 0.25) is 5.91 Å². The molecule has 1 atom stereocenters. The number of rotatable bonds is 2. The molecule has 0 unspecified atom stereocenters. The van der Waals surface area contributed by atoms with Crippen molar-refractivity contribution in [2.45, 2.75) is 19.0 Å². The number of hydrogen-bond acceptors (Lipinski definition) is 3. The number of carbonyl (C=O) groups excluding carboxylic acids is 2. The zero-order valence-electron chi connectivity index (χ0n) is 11.1. The normalized spacial score (nSPS) is 17.4. The highest BCUT2D eigenvalue weighted by atomic mass is 79.9. The molecular weight excluding hydrogens is 336 g/mol. The van der Waals surface area contributed by atoms with Crippen molar-refractivity contribution in [3.63, 3.8) is 0 Å². The van der Waals surface area contributed by atoms with Crippen LogP contribution in [0.2, 0.25) is 0 Å². The molecular formula is C15H13BrN2O3. The third-order valence-corrected chi connectivity index (χ3v) is 4.05. The Kier molecular flexibility index (Phi) is 3.55. The molecule has 2 amide bonds. The number of nitrogens with zero attached hydrogens (tertiary/aromatic N) is 1. The predicted octanol–water partition coefficient (Wildman–Crippen LogP) is 2.09. The average molecular weight is 349 g/mol. The summed E-state index contributed by atoms with van der Waals surface area (Å²) in [4.78, 5) is 25.7. The van der Waals surface area contributed by atoms with E-state index in [-0.39, 0.29) is 11.7 Å². The van der Waals surface area contributed by atoms with Crippen molar-refractivity contribution < 1.29 is 14.0 Å². The number of carbonyl (C=O) groups is 2. The molecule has 1 aliphatic heterocycles. The molecule has 1 aliphatic rings. The fourth-order valence-electron chi connectivity index (χ4n) is 2.56. The average Bonchev–Trinajstić information content (AvgIpc) is 2.91. The highest BCUT2D eigenvalue weighted by molar-refractivity contribution is 9.10. The second-order valence-corrected chi connectivity index (χ2v) is 5.71. The van der Waals surface area contributed by atoms with Gasteiger partial charge in [-0.05, 0) is 39.2 Å². The molecule has 0 saturated heterocycles. The van der Waals surface area contributed by atoms with Crippen LogP contribution in [0.3, 0.4) is 0 Å². The predicted molar refractivity (Wildman–Crippen MR) is 79.4 cm³/mol. The molecule has 1 aromatic carbocycles. The molecule has 0 aliphatic carbocycles. The Morgan fingerprint density at radius 2 is 1.90 bits per heavy atom. The maximum Gasteiger partial charge on any atom is 0.290 e. The second kappa shape index (κ2) is 5.37. The minimum absolute atomic E-state index is 0.188. The van der Waals surface area contributed by atoms with E-state index in [0.29, 0.717) is 17.6 Å². The van der Waals surface area contributed by atoms with Gasteiger partial charge in [0.15, 0.2) is 10.4 Å². The first kappa shape index (κ1) is 13.9. The van der Waals surface area contributed by atoms with Crippen molar-refractivity contribution in [2.75, 3.05) is 0 Å². The second-order valence-electron chi connectivity index (χ2n) is 4.93. The standard InChI is InChI=1S/C15H13BrN2O3/c16-13-6-5-12(21-13)15(20)18-8-10-4-2-1-3-9(10)7-11(18)14(17)19/h1-6,11H,7-8H2,(H2,17,19)/t11-/m0/s1. The smallest absolute Gasteiger partial charge is 0.290 e. The van der Waals surface area contributed by atoms with Crippen LogP contribution < -0.4 is 5.73 Å². The van der Waals surface area contributed by atoms with E-state index in [2.05, 4.69) is 15.9 Å². The Labute approximate surface area is 129 Å². The van der Waals surface area contributed by atoms with Gasteiger partial charge in [-0.2, -0.15) is 0 Å². The maximum absolute atomic E-state index is 12.5. The van der Waals surface area contributed by atoms with Crippen molar-refractivity contribution in [2.24, 2.45) is 5.73 Å². The highest BCUT2D eigenvalue weighted by Gasteiger charge is 2.34. The molecule has 21 heavy (non-hydrogen) atoms. The maximum atomic E-state index is 12.5. The molecule has 5 nitrogen and oxygen atoms in total. The zero-order valence-corrected chi connectivity index (χ0v) is 12.7. The van der Waals surface area contributed by atoms with E-state index >= 15 is 0 Å². The number of fused-ring (bicyclic) bond motifs is 1. The topological polar surface area (TPSA) is 76.5 Å². The summed E-state index contributed by atoms with van der Waals surface area (Å²) >= 11 is 3.17. The van der Waals surface area contributed by atoms with Gasteiger partial charge in [0, 0.05) is 13.0 Å². The molecule has 1 aromatic heterocycles. The lowest BCUT2D eigenvalue weighted by Gasteiger charge is -2.34. The molecule has 3 rings (SSSR count). The molecule has 2 N–H and O–H groups in total. The molecule has 2 heterocycles. The summed E-state index contributed by atoms with van der Waals surface area (Å²) in [5.41, 5.74) is 7.53. The van der Waals surface area contributed by atoms with Gasteiger partial charge in [-0.15, -0.1) is 0 Å². The van der Waals surface area contributed by atoms with Crippen LogP contribution in [0.1, 0.15) is 21.7 Å². The molecule has 2 aromatic rings. The van der Waals surface area contributed by atoms with E-state index in [1.54, 1.807) is 12.1 Å². The van der Waals surface area contributed by atoms with Crippen molar-refractivity contribution in [1.82, 2.24) is 4.90 Å². The number of halogens is 1. The van der Waals surface area contributed by atoms with Gasteiger partial charge in [0.1, 0.15) is 6.04 Å². The minimum Gasteiger partial charge on any atom is -0.444 e. The summed E-state index contributed by atoms with van der Waals surface area (Å²) in [6, 6.07) is 10.3. The first-order valence-corrected chi connectivity index (χ1v) is 7.28. The lowest BCUT2D eigenvalue weighted by atomic mass is 9.93. The highest BCUT2D eigenvalue weighted by Crippen LogP contribution is 2.26. The van der Waals surface area contributed by atoms with Gasteiger partial charge >= 0.3 is 0 Å². The summed E-state index contributed by atoms with van der Waals surface area (Å²) in [5.74, 6) is -0.657. The Morgan fingerprint density at radius 3 is 2.52 bits per heavy atom. The van der Waals surface area contributed by atoms with Crippen molar-refractivity contribution in [1.29, 1.82) is 0 Å². The monoisotopic (exact) mass is 348 g/mol. The first-order chi connectivity index (χ1) is 10.1. The lowest BCUT2D eigenvalue weighted by Crippen LogP contribution is -2.51. The summed E-state index contributed by atoms with van der Waals surface area (Å²) in [6.45, 7) is 0.348. The Morgan fingerprint density at radius 1 is 1.19 bits per heavy atom. The zero-order chi connectivity index (χ0) is 15.0. The first-order valence-electron chi connectivity index (χ1n) is 6.48. The van der Waals surface area contributed by atoms with Crippen molar-refractivity contribution in [3.8, 4) is 0 Å². The van der Waals surface area contributed by atoms with E-state index in [0.717, 1.165) is 11.1 Å². The third-order valence-electron chi connectivity index (χ3n) is 3.62. The van der Waals surface area contributed by atoms with Crippen LogP contribution in [0.25, 0.3) is 0 Å². The largest absolute Gasteiger partial charge is 0.444 e. The van der Waals surface area contributed by atoms with Crippen LogP contribution in [-0.2, 0) is 17.8 Å². The van der Waals surface area contributed by atoms with Gasteiger partial charge in [-0.3, -0.25) is 9.59 Å². The van der Waals surface area contributed by atoms with Crippen LogP contribution in [-0.4, -0.2) is 22.8 Å². The summed E-state index contributed by atoms with van der Waals surface area (Å²) in [7, 11) is 0. The summed E-state index contributed by atoms with van der Waals surface area (Å²) in [6.07, 6.45) is 0.430. The molecule has 108 valence electrons. The van der Waals surface area contributed by atoms with E-state index in [4.69, 9.17) is 10.2 Å². The van der Waals surface area contributed by atoms with Gasteiger partial charge in [0.05, 0.1) is 0 Å². The van der Waals surface area contributed by atoms with Crippen LogP contribution >= 0.6 is 15.9 Å². The van der Waals surface area contributed by atoms with Crippen molar-refractivity contribution in [3.05, 3.63) is 58.0 Å². The van der Waals surface area contributed by atoms with E-state index < -0.39 is 11.9 Å². The van der Waals surface area contributed by atoms with E-state index in [1.807, 2.05) is 24.3 Å². The summed E-state index contributed by atoms with van der Waals surface area (Å²) in [5, 5.41) is 0.